The molecule has 0 bridgehead atoms. The largest absolute Gasteiger partial charge is 0.497 e. The molecule has 1 aromatic carbocycles. The SMILES string of the molecule is COc1cccc(CNC(=O)C[C@@H]2C=C[C@@H](NC(=O)C3CCC3)[C@H](CO)O2)c1. The van der Waals surface area contributed by atoms with Crippen molar-refractivity contribution >= 4 is 11.8 Å². The Hall–Kier alpha value is -2.38. The Labute approximate surface area is 165 Å². The molecule has 3 atom stereocenters. The summed E-state index contributed by atoms with van der Waals surface area (Å²) in [6.45, 7) is 0.178. The highest BCUT2D eigenvalue weighted by molar-refractivity contribution is 5.80. The number of ether oxygens (including phenoxy) is 2. The summed E-state index contributed by atoms with van der Waals surface area (Å²) in [5.74, 6) is 0.683. The number of hydrogen-bond acceptors (Lipinski definition) is 5. The summed E-state index contributed by atoms with van der Waals surface area (Å²) in [6.07, 6.45) is 5.70. The lowest BCUT2D eigenvalue weighted by molar-refractivity contribution is -0.132. The molecule has 1 saturated carbocycles. The normalized spacial score (nSPS) is 24.3. The summed E-state index contributed by atoms with van der Waals surface area (Å²) in [6, 6.07) is 7.14. The maximum absolute atomic E-state index is 12.2. The number of nitrogens with one attached hydrogen (secondary N) is 2. The van der Waals surface area contributed by atoms with Crippen molar-refractivity contribution in [3.8, 4) is 5.75 Å². The van der Waals surface area contributed by atoms with Gasteiger partial charge in [-0.3, -0.25) is 9.59 Å². The zero-order valence-electron chi connectivity index (χ0n) is 16.1. The second-order valence-corrected chi connectivity index (χ2v) is 7.28. The Bertz CT molecular complexity index is 717. The van der Waals surface area contributed by atoms with Crippen molar-refractivity contribution < 1.29 is 24.2 Å². The van der Waals surface area contributed by atoms with Crippen LogP contribution >= 0.6 is 0 Å². The molecular weight excluding hydrogens is 360 g/mol. The van der Waals surface area contributed by atoms with Crippen LogP contribution in [0.2, 0.25) is 0 Å². The van der Waals surface area contributed by atoms with Gasteiger partial charge in [-0.1, -0.05) is 30.7 Å². The van der Waals surface area contributed by atoms with Gasteiger partial charge in [-0.15, -0.1) is 0 Å². The molecule has 1 heterocycles. The van der Waals surface area contributed by atoms with E-state index >= 15 is 0 Å². The van der Waals surface area contributed by atoms with Gasteiger partial charge >= 0.3 is 0 Å². The first-order chi connectivity index (χ1) is 13.6. The van der Waals surface area contributed by atoms with E-state index in [1.54, 1.807) is 13.2 Å². The second kappa shape index (κ2) is 9.71. The molecule has 1 fully saturated rings. The summed E-state index contributed by atoms with van der Waals surface area (Å²) in [5, 5.41) is 15.4. The minimum atomic E-state index is -0.551. The molecule has 0 spiro atoms. The van der Waals surface area contributed by atoms with Crippen LogP contribution in [0.5, 0.6) is 5.75 Å². The highest BCUT2D eigenvalue weighted by atomic mass is 16.5. The van der Waals surface area contributed by atoms with Gasteiger partial charge in [-0.25, -0.2) is 0 Å². The van der Waals surface area contributed by atoms with Crippen molar-refractivity contribution in [2.75, 3.05) is 13.7 Å². The third-order valence-electron chi connectivity index (χ3n) is 5.26. The number of aliphatic hydroxyl groups excluding tert-OH is 1. The topological polar surface area (TPSA) is 96.9 Å². The third-order valence-corrected chi connectivity index (χ3v) is 5.26. The van der Waals surface area contributed by atoms with E-state index in [4.69, 9.17) is 9.47 Å². The van der Waals surface area contributed by atoms with Gasteiger partial charge < -0.3 is 25.2 Å². The lowest BCUT2D eigenvalue weighted by Crippen LogP contribution is -2.51. The number of carbonyl (C=O) groups is 2. The second-order valence-electron chi connectivity index (χ2n) is 7.28. The van der Waals surface area contributed by atoms with E-state index in [2.05, 4.69) is 10.6 Å². The van der Waals surface area contributed by atoms with Crippen molar-refractivity contribution in [3.63, 3.8) is 0 Å². The van der Waals surface area contributed by atoms with Crippen LogP contribution in [-0.4, -0.2) is 48.9 Å². The lowest BCUT2D eigenvalue weighted by atomic mass is 9.84. The Morgan fingerprint density at radius 1 is 1.29 bits per heavy atom. The average Bonchev–Trinajstić information content (AvgIpc) is 2.66. The third kappa shape index (κ3) is 5.33. The van der Waals surface area contributed by atoms with Crippen LogP contribution in [0.15, 0.2) is 36.4 Å². The molecule has 7 nitrogen and oxygen atoms in total. The Balaban J connectivity index is 1.47. The number of hydrogen-bond donors (Lipinski definition) is 3. The van der Waals surface area contributed by atoms with Gasteiger partial charge in [0.1, 0.15) is 11.9 Å². The molecule has 3 rings (SSSR count). The zero-order chi connectivity index (χ0) is 19.9. The molecular formula is C21H28N2O5. The highest BCUT2D eigenvalue weighted by Crippen LogP contribution is 2.27. The first-order valence-electron chi connectivity index (χ1n) is 9.73. The Morgan fingerprint density at radius 3 is 2.79 bits per heavy atom. The van der Waals surface area contributed by atoms with E-state index < -0.39 is 12.2 Å². The van der Waals surface area contributed by atoms with Gasteiger partial charge in [0.15, 0.2) is 0 Å². The molecule has 0 unspecified atom stereocenters. The molecule has 0 saturated heterocycles. The van der Waals surface area contributed by atoms with Gasteiger partial charge in [-0.2, -0.15) is 0 Å². The van der Waals surface area contributed by atoms with E-state index in [1.165, 1.54) is 0 Å². The maximum atomic E-state index is 12.2. The molecule has 3 N–H and O–H groups in total. The van der Waals surface area contributed by atoms with Crippen LogP contribution in [0.3, 0.4) is 0 Å². The first-order valence-corrected chi connectivity index (χ1v) is 9.73. The van der Waals surface area contributed by atoms with Gasteiger partial charge in [0.25, 0.3) is 0 Å². The van der Waals surface area contributed by atoms with Crippen molar-refractivity contribution in [3.05, 3.63) is 42.0 Å². The number of rotatable bonds is 8. The first kappa shape index (κ1) is 20.4. The van der Waals surface area contributed by atoms with Gasteiger partial charge in [-0.05, 0) is 30.5 Å². The van der Waals surface area contributed by atoms with Crippen LogP contribution in [0.1, 0.15) is 31.2 Å². The summed E-state index contributed by atoms with van der Waals surface area (Å²) in [7, 11) is 1.60. The summed E-state index contributed by atoms with van der Waals surface area (Å²) >= 11 is 0. The van der Waals surface area contributed by atoms with E-state index in [0.29, 0.717) is 6.54 Å². The number of benzene rings is 1. The van der Waals surface area contributed by atoms with Crippen molar-refractivity contribution in [1.29, 1.82) is 0 Å². The molecule has 2 aliphatic rings. The smallest absolute Gasteiger partial charge is 0.223 e. The fourth-order valence-corrected chi connectivity index (χ4v) is 3.33. The number of amides is 2. The van der Waals surface area contributed by atoms with Crippen LogP contribution < -0.4 is 15.4 Å². The van der Waals surface area contributed by atoms with Crippen molar-refractivity contribution in [2.24, 2.45) is 5.92 Å². The van der Waals surface area contributed by atoms with E-state index in [0.717, 1.165) is 30.6 Å². The average molecular weight is 388 g/mol. The maximum Gasteiger partial charge on any atom is 0.223 e. The predicted octanol–water partition coefficient (Wildman–Crippen LogP) is 1.30. The minimum absolute atomic E-state index is 0.0115. The van der Waals surface area contributed by atoms with Crippen molar-refractivity contribution in [1.82, 2.24) is 10.6 Å². The quantitative estimate of drug-likeness (QED) is 0.584. The van der Waals surface area contributed by atoms with Gasteiger partial charge in [0.2, 0.25) is 11.8 Å². The molecule has 7 heteroatoms. The molecule has 0 radical (unpaired) electrons. The monoisotopic (exact) mass is 388 g/mol. The van der Waals surface area contributed by atoms with Crippen LogP contribution in [0.4, 0.5) is 0 Å². The van der Waals surface area contributed by atoms with E-state index in [1.807, 2.05) is 30.3 Å². The van der Waals surface area contributed by atoms with Crippen LogP contribution in [-0.2, 0) is 20.9 Å². The van der Waals surface area contributed by atoms with Gasteiger partial charge in [0.05, 0.1) is 32.3 Å². The Morgan fingerprint density at radius 2 is 2.11 bits per heavy atom. The fourth-order valence-electron chi connectivity index (χ4n) is 3.33. The van der Waals surface area contributed by atoms with Gasteiger partial charge in [0, 0.05) is 12.5 Å². The molecule has 2 amide bonds. The van der Waals surface area contributed by atoms with E-state index in [-0.39, 0.29) is 36.8 Å². The highest BCUT2D eigenvalue weighted by Gasteiger charge is 2.32. The lowest BCUT2D eigenvalue weighted by Gasteiger charge is -2.33. The van der Waals surface area contributed by atoms with Crippen LogP contribution in [0.25, 0.3) is 0 Å². The Kier molecular flexibility index (Phi) is 7.06. The molecule has 1 aromatic rings. The minimum Gasteiger partial charge on any atom is -0.497 e. The number of methoxy groups -OCH3 is 1. The van der Waals surface area contributed by atoms with Crippen molar-refractivity contribution in [2.45, 2.75) is 50.5 Å². The molecule has 1 aliphatic heterocycles. The van der Waals surface area contributed by atoms with E-state index in [9.17, 15) is 14.7 Å². The number of carbonyl (C=O) groups excluding carboxylic acids is 2. The molecule has 152 valence electrons. The van der Waals surface area contributed by atoms with Crippen LogP contribution in [0, 0.1) is 5.92 Å². The molecule has 28 heavy (non-hydrogen) atoms. The predicted molar refractivity (Wildman–Crippen MR) is 104 cm³/mol. The summed E-state index contributed by atoms with van der Waals surface area (Å²) in [4.78, 5) is 24.4. The standard InChI is InChI=1S/C21H28N2O5/c1-27-16-7-2-4-14(10-16)12-22-20(25)11-17-8-9-18(19(13-24)28-17)23-21(26)15-5-3-6-15/h2,4,7-10,15,17-19,24H,3,5-6,11-13H2,1H3,(H,22,25)(H,23,26)/t17-,18+,19-/m0/s1. The molecule has 1 aliphatic carbocycles. The number of aliphatic hydroxyl groups is 1. The zero-order valence-corrected chi connectivity index (χ0v) is 16.1. The fraction of sp³-hybridized carbons (Fsp3) is 0.524. The molecule has 0 aromatic heterocycles. The summed E-state index contributed by atoms with van der Waals surface area (Å²) < 4.78 is 11.0. The summed E-state index contributed by atoms with van der Waals surface area (Å²) in [5.41, 5.74) is 0.944.